The van der Waals surface area contributed by atoms with Crippen LogP contribution < -0.4 is 9.64 Å². The number of carbonyl (C=O) groups is 3. The van der Waals surface area contributed by atoms with Crippen molar-refractivity contribution in [2.75, 3.05) is 26.1 Å². The molecule has 2 amide bonds. The molecule has 0 spiro atoms. The zero-order valence-electron chi connectivity index (χ0n) is 19.0. The Labute approximate surface area is 199 Å². The molecule has 1 saturated heterocycles. The third-order valence-corrected chi connectivity index (χ3v) is 6.25. The number of benzene rings is 2. The first-order chi connectivity index (χ1) is 16.2. The van der Waals surface area contributed by atoms with Crippen LogP contribution in [-0.2, 0) is 9.59 Å². The van der Waals surface area contributed by atoms with E-state index in [-0.39, 0.29) is 22.4 Å². The average Bonchev–Trinajstić information content (AvgIpc) is 3.38. The summed E-state index contributed by atoms with van der Waals surface area (Å²) in [4.78, 5) is 41.2. The average molecular weight is 479 g/mol. The van der Waals surface area contributed by atoms with E-state index in [1.165, 1.54) is 16.9 Å². The lowest BCUT2D eigenvalue weighted by Crippen LogP contribution is -2.29. The van der Waals surface area contributed by atoms with Gasteiger partial charge >= 0.3 is 5.91 Å². The van der Waals surface area contributed by atoms with E-state index in [0.717, 1.165) is 11.3 Å². The van der Waals surface area contributed by atoms with E-state index in [1.54, 1.807) is 69.6 Å². The van der Waals surface area contributed by atoms with E-state index >= 15 is 0 Å². The number of aliphatic hydroxyl groups excluding tert-OH is 1. The summed E-state index contributed by atoms with van der Waals surface area (Å²) >= 11 is 1.16. The predicted molar refractivity (Wildman–Crippen MR) is 127 cm³/mol. The number of aliphatic hydroxyl groups is 1. The maximum atomic E-state index is 13.1. The van der Waals surface area contributed by atoms with Gasteiger partial charge in [0.2, 0.25) is 5.13 Å². The summed E-state index contributed by atoms with van der Waals surface area (Å²) in [6.07, 6.45) is 0. The first kappa shape index (κ1) is 23.1. The minimum atomic E-state index is -0.946. The smallest absolute Gasteiger partial charge is 0.301 e. The highest BCUT2D eigenvalue weighted by Gasteiger charge is 2.48. The van der Waals surface area contributed by atoms with Gasteiger partial charge in [0.15, 0.2) is 0 Å². The third-order valence-electron chi connectivity index (χ3n) is 5.41. The SMILES string of the molecule is COc1ccc(C(O)=C2C(=O)C(=O)N(c3nnc(C)s3)C2c2ccc(C(=O)N(C)C)cc2)cc1. The topological polar surface area (TPSA) is 113 Å². The van der Waals surface area contributed by atoms with Crippen molar-refractivity contribution in [3.05, 3.63) is 75.8 Å². The van der Waals surface area contributed by atoms with Crippen LogP contribution in [0.3, 0.4) is 0 Å². The Morgan fingerprint density at radius 2 is 1.65 bits per heavy atom. The number of ketones is 1. The van der Waals surface area contributed by atoms with Crippen LogP contribution in [-0.4, -0.2) is 59.0 Å². The third kappa shape index (κ3) is 4.03. The first-order valence-corrected chi connectivity index (χ1v) is 11.1. The van der Waals surface area contributed by atoms with Crippen molar-refractivity contribution in [3.8, 4) is 5.75 Å². The van der Waals surface area contributed by atoms with Crippen LogP contribution in [0.25, 0.3) is 5.76 Å². The molecular formula is C24H22N4O5S. The van der Waals surface area contributed by atoms with Crippen LogP contribution in [0.2, 0.25) is 0 Å². The summed E-state index contributed by atoms with van der Waals surface area (Å²) in [5.74, 6) is -1.56. The van der Waals surface area contributed by atoms with Gasteiger partial charge in [-0.2, -0.15) is 0 Å². The van der Waals surface area contributed by atoms with E-state index < -0.39 is 17.7 Å². The van der Waals surface area contributed by atoms with Gasteiger partial charge in [-0.1, -0.05) is 23.5 Å². The molecule has 1 aliphatic heterocycles. The Bertz CT molecular complexity index is 1300. The molecule has 174 valence electrons. The van der Waals surface area contributed by atoms with Gasteiger partial charge < -0.3 is 14.7 Å². The predicted octanol–water partition coefficient (Wildman–Crippen LogP) is 3.18. The molecule has 10 heteroatoms. The Hall–Kier alpha value is -4.05. The van der Waals surface area contributed by atoms with Crippen molar-refractivity contribution >= 4 is 39.8 Å². The number of amides is 2. The highest BCUT2D eigenvalue weighted by molar-refractivity contribution is 7.15. The Kier molecular flexibility index (Phi) is 6.16. The van der Waals surface area contributed by atoms with Crippen molar-refractivity contribution in [3.63, 3.8) is 0 Å². The second-order valence-electron chi connectivity index (χ2n) is 7.82. The number of aromatic nitrogens is 2. The largest absolute Gasteiger partial charge is 0.507 e. The molecule has 1 unspecified atom stereocenters. The fourth-order valence-corrected chi connectivity index (χ4v) is 4.41. The number of aryl methyl sites for hydroxylation is 1. The van der Waals surface area contributed by atoms with Crippen LogP contribution in [0, 0.1) is 6.92 Å². The number of rotatable bonds is 5. The van der Waals surface area contributed by atoms with E-state index in [2.05, 4.69) is 10.2 Å². The number of Topliss-reactive ketones (excluding diaryl/α,β-unsaturated/α-hetero) is 1. The van der Waals surface area contributed by atoms with Gasteiger partial charge in [-0.05, 0) is 48.9 Å². The molecule has 2 heterocycles. The second kappa shape index (κ2) is 9.06. The van der Waals surface area contributed by atoms with Crippen LogP contribution in [0.1, 0.15) is 32.5 Å². The lowest BCUT2D eigenvalue weighted by Gasteiger charge is -2.23. The van der Waals surface area contributed by atoms with Gasteiger partial charge in [0.1, 0.15) is 16.5 Å². The molecular weight excluding hydrogens is 456 g/mol. The number of anilines is 1. The van der Waals surface area contributed by atoms with Crippen molar-refractivity contribution < 1.29 is 24.2 Å². The molecule has 4 rings (SSSR count). The number of ether oxygens (including phenoxy) is 1. The summed E-state index contributed by atoms with van der Waals surface area (Å²) < 4.78 is 5.16. The molecule has 34 heavy (non-hydrogen) atoms. The van der Waals surface area contributed by atoms with Crippen LogP contribution in [0.5, 0.6) is 5.75 Å². The second-order valence-corrected chi connectivity index (χ2v) is 8.98. The van der Waals surface area contributed by atoms with E-state index in [0.29, 0.717) is 27.4 Å². The first-order valence-electron chi connectivity index (χ1n) is 10.3. The van der Waals surface area contributed by atoms with Gasteiger partial charge in [-0.25, -0.2) is 0 Å². The molecule has 0 radical (unpaired) electrons. The number of hydrogen-bond donors (Lipinski definition) is 1. The molecule has 1 N–H and O–H groups in total. The van der Waals surface area contributed by atoms with Gasteiger partial charge in [-0.15, -0.1) is 10.2 Å². The molecule has 1 aliphatic rings. The highest BCUT2D eigenvalue weighted by atomic mass is 32.1. The molecule has 2 aromatic carbocycles. The molecule has 0 bridgehead atoms. The molecule has 9 nitrogen and oxygen atoms in total. The minimum absolute atomic E-state index is 0.0743. The summed E-state index contributed by atoms with van der Waals surface area (Å²) in [5.41, 5.74) is 1.27. The molecule has 3 aromatic rings. The maximum absolute atomic E-state index is 13.1. The number of carbonyl (C=O) groups excluding carboxylic acids is 3. The number of methoxy groups -OCH3 is 1. The zero-order chi connectivity index (χ0) is 24.6. The number of hydrogen-bond acceptors (Lipinski definition) is 8. The number of nitrogens with zero attached hydrogens (tertiary/aromatic N) is 4. The van der Waals surface area contributed by atoms with Crippen LogP contribution in [0.15, 0.2) is 54.1 Å². The lowest BCUT2D eigenvalue weighted by atomic mass is 9.94. The van der Waals surface area contributed by atoms with Crippen LogP contribution >= 0.6 is 11.3 Å². The zero-order valence-corrected chi connectivity index (χ0v) is 19.8. The van der Waals surface area contributed by atoms with Gasteiger partial charge in [0.05, 0.1) is 18.7 Å². The van der Waals surface area contributed by atoms with Crippen molar-refractivity contribution in [1.29, 1.82) is 0 Å². The monoisotopic (exact) mass is 478 g/mol. The Balaban J connectivity index is 1.87. The molecule has 1 atom stereocenters. The van der Waals surface area contributed by atoms with Crippen molar-refractivity contribution in [2.45, 2.75) is 13.0 Å². The lowest BCUT2D eigenvalue weighted by molar-refractivity contribution is -0.132. The quantitative estimate of drug-likeness (QED) is 0.340. The van der Waals surface area contributed by atoms with Gasteiger partial charge in [0.25, 0.3) is 11.7 Å². The normalized spacial score (nSPS) is 17.2. The summed E-state index contributed by atoms with van der Waals surface area (Å²) in [6, 6.07) is 12.1. The Morgan fingerprint density at radius 3 is 2.18 bits per heavy atom. The van der Waals surface area contributed by atoms with Crippen molar-refractivity contribution in [1.82, 2.24) is 15.1 Å². The summed E-state index contributed by atoms with van der Waals surface area (Å²) in [5, 5.41) is 20.0. The highest BCUT2D eigenvalue weighted by Crippen LogP contribution is 2.43. The molecule has 0 saturated carbocycles. The standard InChI is InChI=1S/C24H22N4O5S/c1-13-25-26-24(34-13)28-19(14-5-7-16(8-6-14)22(31)27(2)3)18(21(30)23(28)32)20(29)15-9-11-17(33-4)12-10-15/h5-12,19,29H,1-4H3. The van der Waals surface area contributed by atoms with Gasteiger partial charge in [0, 0.05) is 25.2 Å². The molecule has 0 aliphatic carbocycles. The summed E-state index contributed by atoms with van der Waals surface area (Å²) in [6.45, 7) is 1.74. The van der Waals surface area contributed by atoms with Gasteiger partial charge in [-0.3, -0.25) is 19.3 Å². The Morgan fingerprint density at radius 1 is 1.03 bits per heavy atom. The van der Waals surface area contributed by atoms with E-state index in [1.807, 2.05) is 0 Å². The fraction of sp³-hybridized carbons (Fsp3) is 0.208. The van der Waals surface area contributed by atoms with E-state index in [9.17, 15) is 19.5 Å². The van der Waals surface area contributed by atoms with E-state index in [4.69, 9.17) is 4.74 Å². The molecule has 1 fully saturated rings. The minimum Gasteiger partial charge on any atom is -0.507 e. The maximum Gasteiger partial charge on any atom is 0.301 e. The fourth-order valence-electron chi connectivity index (χ4n) is 3.70. The summed E-state index contributed by atoms with van der Waals surface area (Å²) in [7, 11) is 4.82. The molecule has 1 aromatic heterocycles. The van der Waals surface area contributed by atoms with Crippen LogP contribution in [0.4, 0.5) is 5.13 Å². The van der Waals surface area contributed by atoms with Crippen molar-refractivity contribution in [2.24, 2.45) is 0 Å².